The van der Waals surface area contributed by atoms with Crippen LogP contribution in [0.1, 0.15) is 48.3 Å². The fraction of sp³-hybridized carbons (Fsp3) is 0.458. The predicted molar refractivity (Wildman–Crippen MR) is 114 cm³/mol. The van der Waals surface area contributed by atoms with E-state index >= 15 is 0 Å². The van der Waals surface area contributed by atoms with Crippen molar-refractivity contribution in [2.75, 3.05) is 39.6 Å². The number of hydrogen-bond donors (Lipinski definition) is 2. The smallest absolute Gasteiger partial charge is 0.251 e. The Labute approximate surface area is 178 Å². The van der Waals surface area contributed by atoms with Crippen LogP contribution in [0.15, 0.2) is 42.5 Å². The molecule has 4 rings (SSSR count). The van der Waals surface area contributed by atoms with Gasteiger partial charge >= 0.3 is 0 Å². The molecule has 1 atom stereocenters. The van der Waals surface area contributed by atoms with Crippen molar-refractivity contribution in [3.05, 3.63) is 59.2 Å². The van der Waals surface area contributed by atoms with E-state index in [0.29, 0.717) is 12.1 Å². The second-order valence-corrected chi connectivity index (χ2v) is 8.97. The minimum atomic E-state index is -0.0474. The van der Waals surface area contributed by atoms with Crippen molar-refractivity contribution in [2.24, 2.45) is 0 Å². The van der Waals surface area contributed by atoms with E-state index in [4.69, 9.17) is 14.2 Å². The highest BCUT2D eigenvalue weighted by molar-refractivity contribution is 5.94. The minimum Gasteiger partial charge on any atom is -0.454 e. The van der Waals surface area contributed by atoms with Gasteiger partial charge < -0.3 is 24.4 Å². The largest absolute Gasteiger partial charge is 0.454 e. The van der Waals surface area contributed by atoms with Gasteiger partial charge in [-0.2, -0.15) is 0 Å². The predicted octanol–water partition coefficient (Wildman–Crippen LogP) is 2.10. The zero-order chi connectivity index (χ0) is 21.1. The summed E-state index contributed by atoms with van der Waals surface area (Å²) in [5.41, 5.74) is 3.11. The number of rotatable bonds is 5. The van der Waals surface area contributed by atoms with Crippen LogP contribution >= 0.6 is 0 Å². The highest BCUT2D eigenvalue weighted by atomic mass is 16.7. The summed E-state index contributed by atoms with van der Waals surface area (Å²) < 4.78 is 16.6. The Kier molecular flexibility index (Phi) is 5.97. The van der Waals surface area contributed by atoms with Gasteiger partial charge in [-0.05, 0) is 41.3 Å². The summed E-state index contributed by atoms with van der Waals surface area (Å²) in [6, 6.07) is 14.1. The normalized spacial score (nSPS) is 17.6. The van der Waals surface area contributed by atoms with E-state index in [1.165, 1.54) is 10.5 Å². The summed E-state index contributed by atoms with van der Waals surface area (Å²) in [5, 5.41) is 3.15. The van der Waals surface area contributed by atoms with Gasteiger partial charge in [0.1, 0.15) is 19.1 Å². The Morgan fingerprint density at radius 1 is 1.03 bits per heavy atom. The van der Waals surface area contributed by atoms with E-state index < -0.39 is 0 Å². The number of ether oxygens (including phenoxy) is 3. The molecule has 0 aliphatic carbocycles. The van der Waals surface area contributed by atoms with Gasteiger partial charge in [-0.3, -0.25) is 4.79 Å². The van der Waals surface area contributed by atoms with Crippen LogP contribution in [0.4, 0.5) is 0 Å². The second kappa shape index (κ2) is 8.66. The number of benzene rings is 2. The minimum absolute atomic E-state index is 0.0474. The fourth-order valence-corrected chi connectivity index (χ4v) is 4.03. The Hall–Kier alpha value is -2.57. The third-order valence-electron chi connectivity index (χ3n) is 5.91. The van der Waals surface area contributed by atoms with Crippen molar-refractivity contribution in [1.82, 2.24) is 5.32 Å². The molecule has 0 unspecified atom stereocenters. The number of morpholine rings is 1. The molecule has 2 heterocycles. The summed E-state index contributed by atoms with van der Waals surface area (Å²) in [7, 11) is 0. The number of carbonyl (C=O) groups is 1. The molecule has 2 aliphatic rings. The van der Waals surface area contributed by atoms with Gasteiger partial charge in [0.2, 0.25) is 6.79 Å². The van der Waals surface area contributed by atoms with Gasteiger partial charge in [0.25, 0.3) is 5.91 Å². The first kappa shape index (κ1) is 20.7. The highest BCUT2D eigenvalue weighted by Crippen LogP contribution is 2.33. The summed E-state index contributed by atoms with van der Waals surface area (Å²) in [5.74, 6) is 1.50. The van der Waals surface area contributed by atoms with Crippen LogP contribution in [-0.2, 0) is 10.2 Å². The quantitative estimate of drug-likeness (QED) is 0.791. The van der Waals surface area contributed by atoms with Gasteiger partial charge in [-0.1, -0.05) is 32.9 Å². The van der Waals surface area contributed by atoms with Crippen LogP contribution in [0.25, 0.3) is 0 Å². The molecule has 160 valence electrons. The van der Waals surface area contributed by atoms with Crippen LogP contribution in [-0.4, -0.2) is 45.5 Å². The third-order valence-corrected chi connectivity index (χ3v) is 5.91. The van der Waals surface area contributed by atoms with E-state index in [-0.39, 0.29) is 24.2 Å². The Balaban J connectivity index is 1.48. The molecule has 0 saturated carbocycles. The topological polar surface area (TPSA) is 61.2 Å². The molecule has 6 nitrogen and oxygen atoms in total. The van der Waals surface area contributed by atoms with Crippen LogP contribution in [0.5, 0.6) is 11.5 Å². The molecule has 1 saturated heterocycles. The van der Waals surface area contributed by atoms with Gasteiger partial charge in [0, 0.05) is 11.1 Å². The molecule has 2 N–H and O–H groups in total. The van der Waals surface area contributed by atoms with E-state index in [9.17, 15) is 4.79 Å². The number of fused-ring (bicyclic) bond motifs is 1. The number of nitrogens with one attached hydrogen (secondary N) is 2. The van der Waals surface area contributed by atoms with Crippen molar-refractivity contribution in [3.8, 4) is 11.5 Å². The van der Waals surface area contributed by atoms with Crippen molar-refractivity contribution in [1.29, 1.82) is 0 Å². The Bertz CT molecular complexity index is 883. The lowest BCUT2D eigenvalue weighted by molar-refractivity contribution is -0.937. The van der Waals surface area contributed by atoms with E-state index in [0.717, 1.165) is 43.4 Å². The number of amides is 1. The molecule has 2 aromatic carbocycles. The molecule has 0 spiro atoms. The summed E-state index contributed by atoms with van der Waals surface area (Å²) in [6.07, 6.45) is 0. The standard InChI is InChI=1S/C24H30N2O4/c1-24(2,3)19-7-4-17(5-8-19)23(27)25-15-20(26-10-12-28-13-11-26)18-6-9-21-22(14-18)30-16-29-21/h4-9,14,20H,10-13,15-16H2,1-3H3,(H,25,27)/p+1/t20-/m1/s1. The first-order valence-electron chi connectivity index (χ1n) is 10.6. The summed E-state index contributed by atoms with van der Waals surface area (Å²) in [6.45, 7) is 10.6. The van der Waals surface area contributed by atoms with Crippen molar-refractivity contribution in [2.45, 2.75) is 32.2 Å². The first-order chi connectivity index (χ1) is 14.4. The number of carbonyl (C=O) groups excluding carboxylic acids is 1. The van der Waals surface area contributed by atoms with Gasteiger partial charge in [0.15, 0.2) is 11.5 Å². The average molecular weight is 412 g/mol. The van der Waals surface area contributed by atoms with Crippen LogP contribution in [0, 0.1) is 0 Å². The molecule has 1 fully saturated rings. The van der Waals surface area contributed by atoms with E-state index in [2.05, 4.69) is 32.2 Å². The molecule has 1 amide bonds. The summed E-state index contributed by atoms with van der Waals surface area (Å²) >= 11 is 0. The Morgan fingerprint density at radius 2 is 1.73 bits per heavy atom. The molecule has 0 radical (unpaired) electrons. The maximum absolute atomic E-state index is 12.8. The maximum Gasteiger partial charge on any atom is 0.251 e. The lowest BCUT2D eigenvalue weighted by atomic mass is 9.87. The van der Waals surface area contributed by atoms with Gasteiger partial charge in [0.05, 0.1) is 19.8 Å². The molecule has 0 aromatic heterocycles. The molecular weight excluding hydrogens is 380 g/mol. The second-order valence-electron chi connectivity index (χ2n) is 8.97. The maximum atomic E-state index is 12.8. The molecule has 2 aromatic rings. The monoisotopic (exact) mass is 411 g/mol. The zero-order valence-corrected chi connectivity index (χ0v) is 18.0. The lowest BCUT2D eigenvalue weighted by Gasteiger charge is -2.32. The van der Waals surface area contributed by atoms with Crippen LogP contribution in [0.2, 0.25) is 0 Å². The van der Waals surface area contributed by atoms with E-state index in [1.54, 1.807) is 0 Å². The lowest BCUT2D eigenvalue weighted by Crippen LogP contribution is -3.15. The van der Waals surface area contributed by atoms with E-state index in [1.807, 2.05) is 36.4 Å². The molecule has 0 bridgehead atoms. The Morgan fingerprint density at radius 3 is 2.43 bits per heavy atom. The fourth-order valence-electron chi connectivity index (χ4n) is 4.03. The van der Waals surface area contributed by atoms with Crippen LogP contribution < -0.4 is 19.7 Å². The molecular formula is C24H31N2O4+. The van der Waals surface area contributed by atoms with Crippen molar-refractivity contribution >= 4 is 5.91 Å². The highest BCUT2D eigenvalue weighted by Gasteiger charge is 2.29. The van der Waals surface area contributed by atoms with Crippen LogP contribution in [0.3, 0.4) is 0 Å². The SMILES string of the molecule is CC(C)(C)c1ccc(C(=O)NC[C@H](c2ccc3c(c2)OCO3)[NH+]2CCOCC2)cc1. The molecule has 30 heavy (non-hydrogen) atoms. The third kappa shape index (κ3) is 4.60. The average Bonchev–Trinajstić information content (AvgIpc) is 3.22. The summed E-state index contributed by atoms with van der Waals surface area (Å²) in [4.78, 5) is 14.2. The van der Waals surface area contributed by atoms with Crippen molar-refractivity contribution < 1.29 is 23.9 Å². The number of quaternary nitrogens is 1. The van der Waals surface area contributed by atoms with Crippen molar-refractivity contribution in [3.63, 3.8) is 0 Å². The van der Waals surface area contributed by atoms with Gasteiger partial charge in [-0.15, -0.1) is 0 Å². The molecule has 6 heteroatoms. The number of hydrogen-bond acceptors (Lipinski definition) is 4. The first-order valence-corrected chi connectivity index (χ1v) is 10.6. The van der Waals surface area contributed by atoms with Gasteiger partial charge in [-0.25, -0.2) is 0 Å². The zero-order valence-electron chi connectivity index (χ0n) is 18.0. The molecule has 2 aliphatic heterocycles.